The number of hydrogen-bond donors (Lipinski definition) is 0. The summed E-state index contributed by atoms with van der Waals surface area (Å²) in [5.74, 6) is 2.51. The summed E-state index contributed by atoms with van der Waals surface area (Å²) in [6.45, 7) is 5.16. The molecule has 4 aromatic carbocycles. The second-order valence-electron chi connectivity index (χ2n) is 8.52. The maximum absolute atomic E-state index is 6.27. The molecule has 1 fully saturated rings. The molecule has 1 saturated heterocycles. The lowest BCUT2D eigenvalue weighted by Crippen LogP contribution is -2.19. The molecule has 1 atom stereocenters. The normalized spacial score (nSPS) is 15.2. The van der Waals surface area contributed by atoms with Gasteiger partial charge < -0.3 is 14.2 Å². The number of rotatable bonds is 7. The molecule has 0 saturated carbocycles. The van der Waals surface area contributed by atoms with E-state index in [2.05, 4.69) is 68.4 Å². The van der Waals surface area contributed by atoms with E-state index < -0.39 is 0 Å². The molecule has 1 unspecified atom stereocenters. The molecule has 160 valence electrons. The van der Waals surface area contributed by atoms with E-state index >= 15 is 0 Å². The van der Waals surface area contributed by atoms with Crippen molar-refractivity contribution in [3.05, 3.63) is 114 Å². The lowest BCUT2D eigenvalue weighted by molar-refractivity contribution is 0.179. The molecule has 1 heterocycles. The van der Waals surface area contributed by atoms with Crippen LogP contribution in [-0.4, -0.2) is 12.9 Å². The van der Waals surface area contributed by atoms with Crippen LogP contribution >= 0.6 is 0 Å². The Morgan fingerprint density at radius 1 is 0.719 bits per heavy atom. The Labute approximate surface area is 189 Å². The summed E-state index contributed by atoms with van der Waals surface area (Å²) in [4.78, 5) is 0. The van der Waals surface area contributed by atoms with E-state index in [1.165, 1.54) is 11.1 Å². The second-order valence-corrected chi connectivity index (χ2v) is 8.52. The quantitative estimate of drug-likeness (QED) is 0.295. The van der Waals surface area contributed by atoms with E-state index in [9.17, 15) is 0 Å². The standard InChI is InChI=1S/C29H26O3/c1-29(2,22-13-16-25(17-14-22)32-28-20-30-28)23-15-18-27(31-24-11-7-4-8-12-24)26(19-23)21-9-5-3-6-10-21/h3-19,28H,20H2,1-2H3. The molecule has 1 aliphatic heterocycles. The maximum atomic E-state index is 6.27. The minimum Gasteiger partial charge on any atom is -0.462 e. The molecule has 0 amide bonds. The first kappa shape index (κ1) is 20.3. The van der Waals surface area contributed by atoms with Crippen LogP contribution in [0.2, 0.25) is 0 Å². The topological polar surface area (TPSA) is 31.0 Å². The van der Waals surface area contributed by atoms with Gasteiger partial charge in [-0.05, 0) is 53.1 Å². The molecule has 0 aliphatic carbocycles. The number of epoxide rings is 1. The first-order valence-electron chi connectivity index (χ1n) is 10.9. The van der Waals surface area contributed by atoms with E-state index in [-0.39, 0.29) is 11.7 Å². The van der Waals surface area contributed by atoms with Gasteiger partial charge in [0, 0.05) is 11.0 Å². The number of hydrogen-bond acceptors (Lipinski definition) is 3. The summed E-state index contributed by atoms with van der Waals surface area (Å²) in [5.41, 5.74) is 4.45. The lowest BCUT2D eigenvalue weighted by atomic mass is 9.77. The van der Waals surface area contributed by atoms with Crippen molar-refractivity contribution in [1.29, 1.82) is 0 Å². The molecule has 3 nitrogen and oxygen atoms in total. The molecule has 0 radical (unpaired) electrons. The Morgan fingerprint density at radius 2 is 1.34 bits per heavy atom. The molecule has 32 heavy (non-hydrogen) atoms. The Kier molecular flexibility index (Phi) is 5.42. The van der Waals surface area contributed by atoms with Crippen molar-refractivity contribution in [2.75, 3.05) is 6.61 Å². The molecule has 1 aliphatic rings. The van der Waals surface area contributed by atoms with Gasteiger partial charge in [0.2, 0.25) is 6.29 Å². The Morgan fingerprint density at radius 3 is 2.00 bits per heavy atom. The zero-order valence-electron chi connectivity index (χ0n) is 18.3. The van der Waals surface area contributed by atoms with Gasteiger partial charge in [0.25, 0.3) is 0 Å². The van der Waals surface area contributed by atoms with Crippen molar-refractivity contribution >= 4 is 0 Å². The fourth-order valence-electron chi connectivity index (χ4n) is 3.84. The fraction of sp³-hybridized carbons (Fsp3) is 0.172. The van der Waals surface area contributed by atoms with Crippen molar-refractivity contribution in [3.8, 4) is 28.4 Å². The molecular weight excluding hydrogens is 396 g/mol. The smallest absolute Gasteiger partial charge is 0.223 e. The van der Waals surface area contributed by atoms with Crippen molar-refractivity contribution in [3.63, 3.8) is 0 Å². The SMILES string of the molecule is CC(C)(c1ccc(OC2CO2)cc1)c1ccc(Oc2ccccc2)c(-c2ccccc2)c1. The van der Waals surface area contributed by atoms with Gasteiger partial charge >= 0.3 is 0 Å². The van der Waals surface area contributed by atoms with Crippen molar-refractivity contribution in [2.24, 2.45) is 0 Å². The van der Waals surface area contributed by atoms with Crippen LogP contribution < -0.4 is 9.47 Å². The minimum absolute atomic E-state index is 0.0838. The number of benzene rings is 4. The van der Waals surface area contributed by atoms with Crippen LogP contribution in [0.1, 0.15) is 25.0 Å². The van der Waals surface area contributed by atoms with Gasteiger partial charge in [-0.1, -0.05) is 80.6 Å². The largest absolute Gasteiger partial charge is 0.462 e. The third-order valence-corrected chi connectivity index (χ3v) is 5.90. The predicted molar refractivity (Wildman–Crippen MR) is 127 cm³/mol. The first-order valence-corrected chi connectivity index (χ1v) is 10.9. The van der Waals surface area contributed by atoms with Gasteiger partial charge in [0.15, 0.2) is 0 Å². The van der Waals surface area contributed by atoms with Crippen LogP contribution in [0.25, 0.3) is 11.1 Å². The Bertz CT molecular complexity index is 1180. The van der Waals surface area contributed by atoms with Gasteiger partial charge in [-0.25, -0.2) is 0 Å². The average molecular weight is 423 g/mol. The third kappa shape index (κ3) is 4.39. The highest BCUT2D eigenvalue weighted by atomic mass is 16.8. The second kappa shape index (κ2) is 8.52. The van der Waals surface area contributed by atoms with Crippen LogP contribution in [0.4, 0.5) is 0 Å². The molecule has 0 bridgehead atoms. The lowest BCUT2D eigenvalue weighted by Gasteiger charge is -2.27. The van der Waals surface area contributed by atoms with Crippen molar-refractivity contribution < 1.29 is 14.2 Å². The highest BCUT2D eigenvalue weighted by Crippen LogP contribution is 2.40. The zero-order valence-corrected chi connectivity index (χ0v) is 18.3. The number of para-hydroxylation sites is 1. The summed E-state index contributed by atoms with van der Waals surface area (Å²) in [6, 6.07) is 35.1. The summed E-state index contributed by atoms with van der Waals surface area (Å²) in [7, 11) is 0. The monoisotopic (exact) mass is 422 g/mol. The van der Waals surface area contributed by atoms with Crippen LogP contribution in [0.3, 0.4) is 0 Å². The minimum atomic E-state index is -0.191. The van der Waals surface area contributed by atoms with Gasteiger partial charge in [-0.15, -0.1) is 0 Å². The molecule has 0 spiro atoms. The summed E-state index contributed by atoms with van der Waals surface area (Å²) >= 11 is 0. The summed E-state index contributed by atoms with van der Waals surface area (Å²) in [5, 5.41) is 0. The average Bonchev–Trinajstić information content (AvgIpc) is 3.65. The van der Waals surface area contributed by atoms with E-state index in [0.717, 1.165) is 28.4 Å². The van der Waals surface area contributed by atoms with Crippen molar-refractivity contribution in [2.45, 2.75) is 25.6 Å². The molecular formula is C29H26O3. The molecule has 0 aromatic heterocycles. The number of ether oxygens (including phenoxy) is 3. The molecule has 0 N–H and O–H groups in total. The fourth-order valence-corrected chi connectivity index (χ4v) is 3.84. The maximum Gasteiger partial charge on any atom is 0.223 e. The van der Waals surface area contributed by atoms with Crippen LogP contribution in [-0.2, 0) is 10.2 Å². The Balaban J connectivity index is 1.50. The Hall–Kier alpha value is -3.56. The van der Waals surface area contributed by atoms with Gasteiger partial charge in [-0.3, -0.25) is 0 Å². The first-order chi connectivity index (χ1) is 15.6. The predicted octanol–water partition coefficient (Wildman–Crippen LogP) is 7.21. The molecule has 5 rings (SSSR count). The van der Waals surface area contributed by atoms with Gasteiger partial charge in [0.1, 0.15) is 23.9 Å². The highest BCUT2D eigenvalue weighted by molar-refractivity contribution is 5.72. The summed E-state index contributed by atoms with van der Waals surface area (Å²) < 4.78 is 17.1. The van der Waals surface area contributed by atoms with Gasteiger partial charge in [0.05, 0.1) is 0 Å². The van der Waals surface area contributed by atoms with Gasteiger partial charge in [-0.2, -0.15) is 0 Å². The van der Waals surface area contributed by atoms with Crippen LogP contribution in [0.5, 0.6) is 17.2 Å². The van der Waals surface area contributed by atoms with E-state index in [4.69, 9.17) is 14.2 Å². The van der Waals surface area contributed by atoms with Crippen LogP contribution in [0, 0.1) is 0 Å². The van der Waals surface area contributed by atoms with Crippen LogP contribution in [0.15, 0.2) is 103 Å². The molecule has 3 heteroatoms. The highest BCUT2D eigenvalue weighted by Gasteiger charge is 2.27. The van der Waals surface area contributed by atoms with E-state index in [1.54, 1.807) is 0 Å². The summed E-state index contributed by atoms with van der Waals surface area (Å²) in [6.07, 6.45) is -0.0838. The van der Waals surface area contributed by atoms with Crippen molar-refractivity contribution in [1.82, 2.24) is 0 Å². The third-order valence-electron chi connectivity index (χ3n) is 5.90. The molecule has 4 aromatic rings. The van der Waals surface area contributed by atoms with E-state index in [1.807, 2.05) is 48.5 Å². The zero-order chi connectivity index (χ0) is 22.0. The van der Waals surface area contributed by atoms with E-state index in [0.29, 0.717) is 6.61 Å².